The third kappa shape index (κ3) is 13.3. The monoisotopic (exact) mass is 736 g/mol. The molecule has 6 nitrogen and oxygen atoms in total. The largest absolute Gasteiger partial charge is 0.357 e. The van der Waals surface area contributed by atoms with Crippen LogP contribution in [0.4, 0.5) is 0 Å². The van der Waals surface area contributed by atoms with E-state index >= 15 is 0 Å². The molecule has 294 valence electrons. The second-order valence-corrected chi connectivity index (χ2v) is 17.2. The van der Waals surface area contributed by atoms with Gasteiger partial charge in [0.15, 0.2) is 0 Å². The third-order valence-corrected chi connectivity index (χ3v) is 11.4. The molecule has 2 atom stereocenters. The Labute approximate surface area is 327 Å². The summed E-state index contributed by atoms with van der Waals surface area (Å²) in [5.74, 6) is -0.591. The van der Waals surface area contributed by atoms with Crippen molar-refractivity contribution in [3.63, 3.8) is 0 Å². The number of likely N-dealkylation sites (N-methyl/N-ethyl adjacent to an activating group) is 1. The summed E-state index contributed by atoms with van der Waals surface area (Å²) in [5, 5.41) is 8.68. The standard InChI is InChI=1S/C48H69N3O3/c1-34(24-26-41-38(5)21-14-28-46(41,7)8)17-12-19-36(3)31-43(52)50-30-16-23-40-33-48(40,45(54)49-11)51-44(53)32-37(4)20-13-18-35(2)25-27-42-39(6)22-15-29-47(42,9)10/h12-13,17-20,24-27,31-32,40H,14-16,21-23,28-30,33H2,1-11H3,(H,49,54)(H,50,52)(H,51,53)/b19-12+,20-13+,26-24+,27-25+,34-17+,35-18+,36-31+,37-32+. The highest BCUT2D eigenvalue weighted by Crippen LogP contribution is 2.47. The van der Waals surface area contributed by atoms with E-state index in [9.17, 15) is 14.4 Å². The van der Waals surface area contributed by atoms with Crippen LogP contribution in [0.1, 0.15) is 127 Å². The van der Waals surface area contributed by atoms with E-state index in [0.717, 1.165) is 28.7 Å². The minimum absolute atomic E-state index is 0.0153. The van der Waals surface area contributed by atoms with Crippen molar-refractivity contribution in [3.05, 3.63) is 117 Å². The number of amides is 3. The first-order valence-electron chi connectivity index (χ1n) is 20.1. The van der Waals surface area contributed by atoms with Crippen LogP contribution in [-0.4, -0.2) is 36.9 Å². The molecule has 0 aromatic heterocycles. The van der Waals surface area contributed by atoms with Gasteiger partial charge in [-0.05, 0) is 138 Å². The molecule has 3 N–H and O–H groups in total. The summed E-state index contributed by atoms with van der Waals surface area (Å²) in [6, 6.07) is 0. The Morgan fingerprint density at radius 2 is 1.19 bits per heavy atom. The van der Waals surface area contributed by atoms with Crippen molar-refractivity contribution in [2.45, 2.75) is 133 Å². The molecule has 0 aliphatic heterocycles. The molecule has 0 bridgehead atoms. The first-order valence-corrected chi connectivity index (χ1v) is 20.1. The van der Waals surface area contributed by atoms with Gasteiger partial charge < -0.3 is 16.0 Å². The highest BCUT2D eigenvalue weighted by Gasteiger charge is 2.59. The van der Waals surface area contributed by atoms with Gasteiger partial charge in [-0.1, -0.05) is 111 Å². The van der Waals surface area contributed by atoms with Gasteiger partial charge in [0.1, 0.15) is 5.54 Å². The van der Waals surface area contributed by atoms with Gasteiger partial charge in [0.05, 0.1) is 0 Å². The van der Waals surface area contributed by atoms with Crippen LogP contribution in [-0.2, 0) is 14.4 Å². The summed E-state index contributed by atoms with van der Waals surface area (Å²) in [6.45, 7) is 22.3. The summed E-state index contributed by atoms with van der Waals surface area (Å²) in [6.07, 6.45) is 33.2. The Morgan fingerprint density at radius 1 is 0.704 bits per heavy atom. The maximum atomic E-state index is 13.0. The predicted molar refractivity (Wildman–Crippen MR) is 228 cm³/mol. The minimum atomic E-state index is -0.915. The lowest BCUT2D eigenvalue weighted by Gasteiger charge is -2.33. The van der Waals surface area contributed by atoms with E-state index in [0.29, 0.717) is 19.4 Å². The zero-order valence-corrected chi connectivity index (χ0v) is 35.3. The predicted octanol–water partition coefficient (Wildman–Crippen LogP) is 10.6. The van der Waals surface area contributed by atoms with Crippen molar-refractivity contribution in [2.24, 2.45) is 16.7 Å². The fourth-order valence-electron chi connectivity index (χ4n) is 8.03. The molecule has 0 heterocycles. The number of hydrogen-bond acceptors (Lipinski definition) is 3. The van der Waals surface area contributed by atoms with E-state index in [2.05, 4.69) is 102 Å². The number of hydrogen-bond donors (Lipinski definition) is 3. The molecule has 0 saturated heterocycles. The van der Waals surface area contributed by atoms with Gasteiger partial charge in [-0.25, -0.2) is 0 Å². The molecule has 3 rings (SSSR count). The molecule has 1 fully saturated rings. The Morgan fingerprint density at radius 3 is 1.65 bits per heavy atom. The lowest BCUT2D eigenvalue weighted by atomic mass is 9.72. The van der Waals surface area contributed by atoms with Crippen molar-refractivity contribution in [1.29, 1.82) is 0 Å². The highest BCUT2D eigenvalue weighted by molar-refractivity contribution is 5.98. The molecule has 0 aromatic rings. The molecule has 6 heteroatoms. The lowest BCUT2D eigenvalue weighted by Crippen LogP contribution is -2.49. The third-order valence-electron chi connectivity index (χ3n) is 11.4. The van der Waals surface area contributed by atoms with Crippen LogP contribution in [0.2, 0.25) is 0 Å². The summed E-state index contributed by atoms with van der Waals surface area (Å²) in [7, 11) is 1.60. The second-order valence-electron chi connectivity index (χ2n) is 17.2. The molecule has 3 aliphatic rings. The average Bonchev–Trinajstić information content (AvgIpc) is 3.77. The summed E-state index contributed by atoms with van der Waals surface area (Å²) < 4.78 is 0. The maximum absolute atomic E-state index is 13.0. The second kappa shape index (κ2) is 19.9. The van der Waals surface area contributed by atoms with Crippen LogP contribution < -0.4 is 16.0 Å². The van der Waals surface area contributed by atoms with Crippen LogP contribution >= 0.6 is 0 Å². The molecule has 1 saturated carbocycles. The minimum Gasteiger partial charge on any atom is -0.357 e. The van der Waals surface area contributed by atoms with Crippen molar-refractivity contribution in [1.82, 2.24) is 16.0 Å². The summed E-state index contributed by atoms with van der Waals surface area (Å²) in [5.41, 5.74) is 9.32. The summed E-state index contributed by atoms with van der Waals surface area (Å²) >= 11 is 0. The highest BCUT2D eigenvalue weighted by atomic mass is 16.2. The SMILES string of the molecule is CNC(=O)C1(NC(=O)/C=C(C)/C=C/C=C(C)/C=C/C2=C(C)CCCC2(C)C)CC1CCCNC(=O)/C=C(C)/C=C/C=C(C)/C=C/C1=C(C)CCCC1(C)C. The fraction of sp³-hybridized carbons (Fsp3) is 0.521. The normalized spacial score (nSPS) is 23.9. The Balaban J connectivity index is 1.45. The zero-order chi connectivity index (χ0) is 40.1. The average molecular weight is 736 g/mol. The van der Waals surface area contributed by atoms with Crippen molar-refractivity contribution in [2.75, 3.05) is 13.6 Å². The summed E-state index contributed by atoms with van der Waals surface area (Å²) in [4.78, 5) is 38.4. The maximum Gasteiger partial charge on any atom is 0.245 e. The number of carbonyl (C=O) groups excluding carboxylic acids is 3. The molecule has 0 radical (unpaired) electrons. The first kappa shape index (κ1) is 44.2. The number of allylic oxidation sites excluding steroid dienone is 18. The van der Waals surface area contributed by atoms with Crippen LogP contribution in [0, 0.1) is 16.7 Å². The van der Waals surface area contributed by atoms with Gasteiger partial charge in [0, 0.05) is 25.7 Å². The molecular weight excluding hydrogens is 667 g/mol. The van der Waals surface area contributed by atoms with E-state index in [1.807, 2.05) is 44.2 Å². The number of nitrogens with one attached hydrogen (secondary N) is 3. The van der Waals surface area contributed by atoms with Crippen molar-refractivity contribution < 1.29 is 14.4 Å². The quantitative estimate of drug-likeness (QED) is 0.0838. The van der Waals surface area contributed by atoms with E-state index in [1.54, 1.807) is 19.2 Å². The van der Waals surface area contributed by atoms with Gasteiger partial charge in [-0.15, -0.1) is 0 Å². The first-order chi connectivity index (χ1) is 25.4. The van der Waals surface area contributed by atoms with E-state index in [1.165, 1.54) is 60.8 Å². The Bertz CT molecular complexity index is 1720. The van der Waals surface area contributed by atoms with Crippen LogP contribution in [0.15, 0.2) is 117 Å². The van der Waals surface area contributed by atoms with Gasteiger partial charge in [0.25, 0.3) is 0 Å². The van der Waals surface area contributed by atoms with Gasteiger partial charge in [0.2, 0.25) is 17.7 Å². The Hall–Kier alpha value is -4.19. The molecule has 3 aliphatic carbocycles. The van der Waals surface area contributed by atoms with Gasteiger partial charge in [-0.2, -0.15) is 0 Å². The van der Waals surface area contributed by atoms with Crippen molar-refractivity contribution in [3.8, 4) is 0 Å². The van der Waals surface area contributed by atoms with E-state index in [-0.39, 0.29) is 34.5 Å². The van der Waals surface area contributed by atoms with Crippen LogP contribution in [0.25, 0.3) is 0 Å². The zero-order valence-electron chi connectivity index (χ0n) is 35.3. The number of rotatable bonds is 16. The molecular formula is C48H69N3O3. The molecule has 3 amide bonds. The Kier molecular flexibility index (Phi) is 16.3. The molecule has 0 aromatic carbocycles. The molecule has 2 unspecified atom stereocenters. The molecule has 0 spiro atoms. The van der Waals surface area contributed by atoms with Gasteiger partial charge in [-0.3, -0.25) is 14.4 Å². The lowest BCUT2D eigenvalue weighted by molar-refractivity contribution is -0.128. The smallest absolute Gasteiger partial charge is 0.245 e. The van der Waals surface area contributed by atoms with Crippen LogP contribution in [0.3, 0.4) is 0 Å². The number of carbonyl (C=O) groups is 3. The fourth-order valence-corrected chi connectivity index (χ4v) is 8.03. The topological polar surface area (TPSA) is 87.3 Å². The van der Waals surface area contributed by atoms with E-state index in [4.69, 9.17) is 0 Å². The van der Waals surface area contributed by atoms with E-state index < -0.39 is 5.54 Å². The van der Waals surface area contributed by atoms with Crippen molar-refractivity contribution >= 4 is 17.7 Å². The molecule has 54 heavy (non-hydrogen) atoms. The van der Waals surface area contributed by atoms with Gasteiger partial charge >= 0.3 is 0 Å². The van der Waals surface area contributed by atoms with Crippen LogP contribution in [0.5, 0.6) is 0 Å².